The molecule has 1 heterocycles. The van der Waals surface area contributed by atoms with E-state index in [9.17, 15) is 13.2 Å². The summed E-state index contributed by atoms with van der Waals surface area (Å²) in [5.74, 6) is -0.110. The summed E-state index contributed by atoms with van der Waals surface area (Å²) < 4.78 is 22.9. The zero-order valence-corrected chi connectivity index (χ0v) is 14.6. The first kappa shape index (κ1) is 16.7. The molecule has 2 aromatic rings. The smallest absolute Gasteiger partial charge is 0.261 e. The Morgan fingerprint density at radius 3 is 2.23 bits per heavy atom. The number of rotatable bonds is 4. The van der Waals surface area contributed by atoms with Gasteiger partial charge < -0.3 is 5.32 Å². The lowest BCUT2D eigenvalue weighted by Gasteiger charge is -2.14. The van der Waals surface area contributed by atoms with E-state index in [1.54, 1.807) is 24.3 Å². The molecular weight excluding hydrogens is 318 g/mol. The predicted molar refractivity (Wildman–Crippen MR) is 89.2 cm³/mol. The summed E-state index contributed by atoms with van der Waals surface area (Å²) in [6.45, 7) is 5.85. The van der Waals surface area contributed by atoms with Crippen molar-refractivity contribution >= 4 is 27.1 Å². The van der Waals surface area contributed by atoms with Crippen molar-refractivity contribution < 1.29 is 13.2 Å². The number of sulfone groups is 1. The molecule has 0 bridgehead atoms. The van der Waals surface area contributed by atoms with E-state index in [1.165, 1.54) is 17.6 Å². The third-order valence-corrected chi connectivity index (χ3v) is 5.83. The highest BCUT2D eigenvalue weighted by atomic mass is 32.2. The van der Waals surface area contributed by atoms with Gasteiger partial charge in [-0.25, -0.2) is 8.42 Å². The van der Waals surface area contributed by atoms with Gasteiger partial charge in [0.05, 0.1) is 15.8 Å². The van der Waals surface area contributed by atoms with Crippen LogP contribution in [0.5, 0.6) is 0 Å². The monoisotopic (exact) mass is 337 g/mol. The SMILES string of the molecule is Cc1cc(C(=O)NC(C)c2ccc(S(C)(=O)=O)cc2)sc1C. The molecule has 1 aromatic heterocycles. The van der Waals surface area contributed by atoms with Crippen LogP contribution in [0.25, 0.3) is 0 Å². The van der Waals surface area contributed by atoms with E-state index in [2.05, 4.69) is 5.32 Å². The van der Waals surface area contributed by atoms with Gasteiger partial charge in [0.15, 0.2) is 9.84 Å². The second kappa shape index (κ2) is 6.22. The molecule has 118 valence electrons. The number of hydrogen-bond acceptors (Lipinski definition) is 4. The fourth-order valence-electron chi connectivity index (χ4n) is 2.04. The average Bonchev–Trinajstić information content (AvgIpc) is 2.78. The van der Waals surface area contributed by atoms with Crippen LogP contribution in [0.2, 0.25) is 0 Å². The van der Waals surface area contributed by atoms with Crippen LogP contribution in [0.1, 0.15) is 38.6 Å². The zero-order chi connectivity index (χ0) is 16.5. The number of hydrogen-bond donors (Lipinski definition) is 1. The van der Waals surface area contributed by atoms with Crippen molar-refractivity contribution in [3.63, 3.8) is 0 Å². The highest BCUT2D eigenvalue weighted by Crippen LogP contribution is 2.22. The third-order valence-electron chi connectivity index (χ3n) is 3.55. The molecule has 0 radical (unpaired) electrons. The molecule has 0 spiro atoms. The Bertz CT molecular complexity index is 770. The van der Waals surface area contributed by atoms with E-state index in [0.29, 0.717) is 4.88 Å². The maximum Gasteiger partial charge on any atom is 0.261 e. The van der Waals surface area contributed by atoms with E-state index < -0.39 is 9.84 Å². The van der Waals surface area contributed by atoms with Gasteiger partial charge in [0, 0.05) is 11.1 Å². The van der Waals surface area contributed by atoms with E-state index in [4.69, 9.17) is 0 Å². The molecule has 1 N–H and O–H groups in total. The molecule has 2 rings (SSSR count). The molecule has 1 amide bonds. The molecule has 1 atom stereocenters. The van der Waals surface area contributed by atoms with Gasteiger partial charge >= 0.3 is 0 Å². The number of amides is 1. The van der Waals surface area contributed by atoms with Crippen molar-refractivity contribution in [1.29, 1.82) is 0 Å². The first-order chi connectivity index (χ1) is 10.2. The molecule has 0 aliphatic heterocycles. The van der Waals surface area contributed by atoms with Gasteiger partial charge in [-0.2, -0.15) is 0 Å². The standard InChI is InChI=1S/C16H19NO3S2/c1-10-9-15(21-12(10)3)16(18)17-11(2)13-5-7-14(8-6-13)22(4,19)20/h5-9,11H,1-4H3,(H,17,18). The molecule has 4 nitrogen and oxygen atoms in total. The summed E-state index contributed by atoms with van der Waals surface area (Å²) in [4.78, 5) is 14.3. The topological polar surface area (TPSA) is 63.2 Å². The molecular formula is C16H19NO3S2. The van der Waals surface area contributed by atoms with Crippen LogP contribution in [0.15, 0.2) is 35.2 Å². The summed E-state index contributed by atoms with van der Waals surface area (Å²) in [7, 11) is -3.20. The van der Waals surface area contributed by atoms with Gasteiger partial charge in [-0.05, 0) is 50.1 Å². The van der Waals surface area contributed by atoms with Crippen LogP contribution in [-0.4, -0.2) is 20.6 Å². The number of benzene rings is 1. The molecule has 1 aromatic carbocycles. The lowest BCUT2D eigenvalue weighted by atomic mass is 10.1. The molecule has 0 aliphatic rings. The van der Waals surface area contributed by atoms with Gasteiger partial charge in [0.1, 0.15) is 0 Å². The van der Waals surface area contributed by atoms with Crippen LogP contribution < -0.4 is 5.32 Å². The third kappa shape index (κ3) is 3.75. The van der Waals surface area contributed by atoms with Crippen LogP contribution in [-0.2, 0) is 9.84 Å². The summed E-state index contributed by atoms with van der Waals surface area (Å²) in [5, 5.41) is 2.93. The first-order valence-corrected chi connectivity index (χ1v) is 9.57. The summed E-state index contributed by atoms with van der Waals surface area (Å²) >= 11 is 1.47. The van der Waals surface area contributed by atoms with Gasteiger partial charge in [-0.1, -0.05) is 12.1 Å². The molecule has 0 aliphatic carbocycles. The Morgan fingerprint density at radius 1 is 1.18 bits per heavy atom. The van der Waals surface area contributed by atoms with Crippen molar-refractivity contribution in [2.45, 2.75) is 31.7 Å². The van der Waals surface area contributed by atoms with Gasteiger partial charge in [0.25, 0.3) is 5.91 Å². The second-order valence-electron chi connectivity index (χ2n) is 5.39. The van der Waals surface area contributed by atoms with E-state index in [-0.39, 0.29) is 16.8 Å². The fourth-order valence-corrected chi connectivity index (χ4v) is 3.61. The normalized spacial score (nSPS) is 12.9. The van der Waals surface area contributed by atoms with Crippen LogP contribution in [0.4, 0.5) is 0 Å². The van der Waals surface area contributed by atoms with Crippen molar-refractivity contribution in [2.75, 3.05) is 6.26 Å². The number of nitrogens with one attached hydrogen (secondary N) is 1. The van der Waals surface area contributed by atoms with Crippen molar-refractivity contribution in [2.24, 2.45) is 0 Å². The summed E-state index contributed by atoms with van der Waals surface area (Å²) in [5.41, 5.74) is 1.98. The largest absolute Gasteiger partial charge is 0.345 e. The maximum absolute atomic E-state index is 12.2. The second-order valence-corrected chi connectivity index (χ2v) is 8.66. The zero-order valence-electron chi connectivity index (χ0n) is 13.0. The predicted octanol–water partition coefficient (Wildman–Crippen LogP) is 3.26. The van der Waals surface area contributed by atoms with E-state index in [0.717, 1.165) is 16.0 Å². The molecule has 6 heteroatoms. The maximum atomic E-state index is 12.2. The quantitative estimate of drug-likeness (QED) is 0.931. The number of aryl methyl sites for hydroxylation is 2. The summed E-state index contributed by atoms with van der Waals surface area (Å²) in [6, 6.07) is 8.27. The number of thiophene rings is 1. The minimum atomic E-state index is -3.20. The van der Waals surface area contributed by atoms with Gasteiger partial charge in [-0.15, -0.1) is 11.3 Å². The minimum Gasteiger partial charge on any atom is -0.345 e. The molecule has 0 fully saturated rings. The summed E-state index contributed by atoms with van der Waals surface area (Å²) in [6.07, 6.45) is 1.18. The Labute approximate surface area is 135 Å². The van der Waals surface area contributed by atoms with Crippen LogP contribution >= 0.6 is 11.3 Å². The number of carbonyl (C=O) groups is 1. The minimum absolute atomic E-state index is 0.110. The molecule has 22 heavy (non-hydrogen) atoms. The van der Waals surface area contributed by atoms with Crippen molar-refractivity contribution in [3.05, 3.63) is 51.2 Å². The molecule has 0 saturated carbocycles. The van der Waals surface area contributed by atoms with E-state index >= 15 is 0 Å². The molecule has 1 unspecified atom stereocenters. The first-order valence-electron chi connectivity index (χ1n) is 6.86. The van der Waals surface area contributed by atoms with E-state index in [1.807, 2.05) is 26.8 Å². The number of carbonyl (C=O) groups excluding carboxylic acids is 1. The Balaban J connectivity index is 2.12. The Morgan fingerprint density at radius 2 is 1.77 bits per heavy atom. The van der Waals surface area contributed by atoms with Crippen molar-refractivity contribution in [3.8, 4) is 0 Å². The lowest BCUT2D eigenvalue weighted by Crippen LogP contribution is -2.25. The Hall–Kier alpha value is -1.66. The van der Waals surface area contributed by atoms with Crippen LogP contribution in [0, 0.1) is 13.8 Å². The van der Waals surface area contributed by atoms with Gasteiger partial charge in [0.2, 0.25) is 0 Å². The lowest BCUT2D eigenvalue weighted by molar-refractivity contribution is 0.0944. The van der Waals surface area contributed by atoms with Gasteiger partial charge in [-0.3, -0.25) is 4.79 Å². The highest BCUT2D eigenvalue weighted by molar-refractivity contribution is 7.90. The highest BCUT2D eigenvalue weighted by Gasteiger charge is 2.15. The fraction of sp³-hybridized carbons (Fsp3) is 0.312. The Kier molecular flexibility index (Phi) is 4.72. The molecule has 0 saturated heterocycles. The van der Waals surface area contributed by atoms with Crippen molar-refractivity contribution in [1.82, 2.24) is 5.32 Å². The van der Waals surface area contributed by atoms with Crippen LogP contribution in [0.3, 0.4) is 0 Å². The average molecular weight is 337 g/mol.